The Labute approximate surface area is 75.5 Å². The molecule has 0 atom stereocenters. The van der Waals surface area contributed by atoms with Crippen LogP contribution in [0.3, 0.4) is 0 Å². The number of nitrogens with zero attached hydrogens (tertiary/aromatic N) is 2. The molecular formula is C9H7ClN2. The maximum absolute atomic E-state index is 5.83. The van der Waals surface area contributed by atoms with Crippen molar-refractivity contribution in [1.29, 1.82) is 0 Å². The molecule has 2 rings (SSSR count). The van der Waals surface area contributed by atoms with E-state index in [0.717, 1.165) is 11.4 Å². The van der Waals surface area contributed by atoms with E-state index in [4.69, 9.17) is 11.8 Å². The highest BCUT2D eigenvalue weighted by atomic mass is 35.5. The molecule has 0 spiro atoms. The highest BCUT2D eigenvalue weighted by Crippen LogP contribution is 2.16. The summed E-state index contributed by atoms with van der Waals surface area (Å²) >= 11 is 5.83. The van der Waals surface area contributed by atoms with E-state index in [1.165, 1.54) is 4.09 Å². The van der Waals surface area contributed by atoms with E-state index in [2.05, 4.69) is 4.98 Å². The quantitative estimate of drug-likeness (QED) is 0.656. The van der Waals surface area contributed by atoms with Gasteiger partial charge in [-0.3, -0.25) is 0 Å². The number of imidazole rings is 1. The molecular weight excluding hydrogens is 172 g/mol. The standard InChI is InChI=1S/C9H7ClN2/c10-12-7-6-11-9(12)8-4-2-1-3-5-8/h1-7H. The van der Waals surface area contributed by atoms with E-state index in [-0.39, 0.29) is 0 Å². The van der Waals surface area contributed by atoms with Crippen LogP contribution < -0.4 is 0 Å². The van der Waals surface area contributed by atoms with Crippen LogP contribution in [-0.4, -0.2) is 9.07 Å². The van der Waals surface area contributed by atoms with Gasteiger partial charge in [0.25, 0.3) is 0 Å². The molecule has 0 bridgehead atoms. The molecule has 3 heteroatoms. The molecule has 0 aliphatic carbocycles. The lowest BCUT2D eigenvalue weighted by Gasteiger charge is -1.97. The van der Waals surface area contributed by atoms with Crippen molar-refractivity contribution in [2.24, 2.45) is 0 Å². The van der Waals surface area contributed by atoms with Crippen LogP contribution in [0.4, 0.5) is 0 Å². The average molecular weight is 179 g/mol. The molecule has 1 heterocycles. The maximum atomic E-state index is 5.83. The van der Waals surface area contributed by atoms with Gasteiger partial charge in [-0.15, -0.1) is 0 Å². The molecule has 1 aromatic heterocycles. The van der Waals surface area contributed by atoms with Gasteiger partial charge < -0.3 is 0 Å². The third-order valence-corrected chi connectivity index (χ3v) is 1.90. The Morgan fingerprint density at radius 3 is 2.50 bits per heavy atom. The number of benzene rings is 1. The average Bonchev–Trinajstić information content (AvgIpc) is 2.53. The van der Waals surface area contributed by atoms with Crippen molar-refractivity contribution in [1.82, 2.24) is 9.07 Å². The lowest BCUT2D eigenvalue weighted by Crippen LogP contribution is -1.84. The molecule has 1 aromatic carbocycles. The second kappa shape index (κ2) is 2.99. The Balaban J connectivity index is 2.51. The number of aromatic nitrogens is 2. The van der Waals surface area contributed by atoms with Gasteiger partial charge in [0.2, 0.25) is 0 Å². The van der Waals surface area contributed by atoms with Crippen LogP contribution in [0.15, 0.2) is 42.7 Å². The minimum absolute atomic E-state index is 0.775. The molecule has 0 unspecified atom stereocenters. The molecule has 0 saturated heterocycles. The predicted molar refractivity (Wildman–Crippen MR) is 48.9 cm³/mol. The highest BCUT2D eigenvalue weighted by Gasteiger charge is 2.01. The smallest absolute Gasteiger partial charge is 0.154 e. The molecule has 0 amide bonds. The van der Waals surface area contributed by atoms with Crippen LogP contribution in [-0.2, 0) is 0 Å². The van der Waals surface area contributed by atoms with Gasteiger partial charge in [-0.05, 0) is 0 Å². The lowest BCUT2D eigenvalue weighted by atomic mass is 10.2. The third-order valence-electron chi connectivity index (χ3n) is 1.63. The zero-order valence-corrected chi connectivity index (χ0v) is 7.07. The Morgan fingerprint density at radius 2 is 1.92 bits per heavy atom. The number of hydrogen-bond acceptors (Lipinski definition) is 1. The fourth-order valence-electron chi connectivity index (χ4n) is 1.07. The van der Waals surface area contributed by atoms with Crippen LogP contribution in [0.2, 0.25) is 0 Å². The fraction of sp³-hybridized carbons (Fsp3) is 0. The van der Waals surface area contributed by atoms with Gasteiger partial charge in [0.05, 0.1) is 0 Å². The summed E-state index contributed by atoms with van der Waals surface area (Å²) in [5.74, 6) is 0.775. The Bertz CT molecular complexity index is 367. The van der Waals surface area contributed by atoms with Crippen LogP contribution in [0.5, 0.6) is 0 Å². The topological polar surface area (TPSA) is 17.8 Å². The van der Waals surface area contributed by atoms with Crippen molar-refractivity contribution >= 4 is 11.8 Å². The van der Waals surface area contributed by atoms with Gasteiger partial charge in [-0.25, -0.2) is 9.07 Å². The first-order valence-corrected chi connectivity index (χ1v) is 3.96. The first-order chi connectivity index (χ1) is 5.88. The van der Waals surface area contributed by atoms with Gasteiger partial charge in [-0.1, -0.05) is 30.3 Å². The van der Waals surface area contributed by atoms with Gasteiger partial charge >= 0.3 is 0 Å². The summed E-state index contributed by atoms with van der Waals surface area (Å²) in [6.45, 7) is 0. The van der Waals surface area contributed by atoms with Gasteiger partial charge in [0.15, 0.2) is 5.82 Å². The summed E-state index contributed by atoms with van der Waals surface area (Å²) in [7, 11) is 0. The van der Waals surface area contributed by atoms with E-state index < -0.39 is 0 Å². The van der Waals surface area contributed by atoms with Crippen molar-refractivity contribution in [3.05, 3.63) is 42.7 Å². The second-order valence-electron chi connectivity index (χ2n) is 2.43. The largest absolute Gasteiger partial charge is 0.242 e. The number of rotatable bonds is 1. The van der Waals surface area contributed by atoms with Crippen LogP contribution in [0.1, 0.15) is 0 Å². The van der Waals surface area contributed by atoms with E-state index in [0.29, 0.717) is 0 Å². The Morgan fingerprint density at radius 1 is 1.17 bits per heavy atom. The fourth-order valence-corrected chi connectivity index (χ4v) is 1.26. The molecule has 2 nitrogen and oxygen atoms in total. The van der Waals surface area contributed by atoms with Crippen LogP contribution in [0, 0.1) is 0 Å². The van der Waals surface area contributed by atoms with Gasteiger partial charge in [0.1, 0.15) is 0 Å². The zero-order valence-electron chi connectivity index (χ0n) is 6.31. The van der Waals surface area contributed by atoms with Crippen molar-refractivity contribution in [2.75, 3.05) is 0 Å². The van der Waals surface area contributed by atoms with Crippen molar-refractivity contribution in [2.45, 2.75) is 0 Å². The molecule has 2 aromatic rings. The molecule has 0 N–H and O–H groups in total. The predicted octanol–water partition coefficient (Wildman–Crippen LogP) is 2.55. The van der Waals surface area contributed by atoms with Crippen LogP contribution in [0.25, 0.3) is 11.4 Å². The molecule has 0 radical (unpaired) electrons. The second-order valence-corrected chi connectivity index (χ2v) is 2.79. The summed E-state index contributed by atoms with van der Waals surface area (Å²) in [5, 5.41) is 0. The monoisotopic (exact) mass is 178 g/mol. The summed E-state index contributed by atoms with van der Waals surface area (Å²) in [6.07, 6.45) is 3.39. The number of hydrogen-bond donors (Lipinski definition) is 0. The van der Waals surface area contributed by atoms with E-state index in [1.807, 2.05) is 30.3 Å². The first-order valence-electron chi connectivity index (χ1n) is 3.63. The highest BCUT2D eigenvalue weighted by molar-refractivity contribution is 6.16. The molecule has 0 saturated carbocycles. The van der Waals surface area contributed by atoms with Crippen LogP contribution >= 0.6 is 11.8 Å². The summed E-state index contributed by atoms with van der Waals surface area (Å²) < 4.78 is 1.48. The molecule has 0 aliphatic rings. The third kappa shape index (κ3) is 1.21. The zero-order chi connectivity index (χ0) is 8.39. The first kappa shape index (κ1) is 7.37. The normalized spacial score (nSPS) is 10.1. The Kier molecular flexibility index (Phi) is 1.84. The van der Waals surface area contributed by atoms with E-state index in [9.17, 15) is 0 Å². The van der Waals surface area contributed by atoms with Crippen molar-refractivity contribution < 1.29 is 0 Å². The van der Waals surface area contributed by atoms with Crippen molar-refractivity contribution in [3.63, 3.8) is 0 Å². The summed E-state index contributed by atoms with van der Waals surface area (Å²) in [4.78, 5) is 4.12. The summed E-state index contributed by atoms with van der Waals surface area (Å²) in [5.41, 5.74) is 1.03. The molecule has 0 fully saturated rings. The van der Waals surface area contributed by atoms with E-state index in [1.54, 1.807) is 12.4 Å². The molecule has 60 valence electrons. The Hall–Kier alpha value is -1.28. The lowest BCUT2D eigenvalue weighted by molar-refractivity contribution is 1.22. The minimum Gasteiger partial charge on any atom is -0.242 e. The van der Waals surface area contributed by atoms with Gasteiger partial charge in [-0.2, -0.15) is 0 Å². The minimum atomic E-state index is 0.775. The van der Waals surface area contributed by atoms with Gasteiger partial charge in [0, 0.05) is 29.7 Å². The molecule has 0 aliphatic heterocycles. The SMILES string of the molecule is Cln1ccnc1-c1ccccc1. The maximum Gasteiger partial charge on any atom is 0.154 e. The number of halogens is 1. The van der Waals surface area contributed by atoms with Crippen molar-refractivity contribution in [3.8, 4) is 11.4 Å². The molecule has 12 heavy (non-hydrogen) atoms. The summed E-state index contributed by atoms with van der Waals surface area (Å²) in [6, 6.07) is 9.83. The van der Waals surface area contributed by atoms with E-state index >= 15 is 0 Å².